The van der Waals surface area contributed by atoms with Gasteiger partial charge in [-0.1, -0.05) is 178 Å². The van der Waals surface area contributed by atoms with E-state index < -0.39 is 0 Å². The molecule has 0 saturated carbocycles. The lowest BCUT2D eigenvalue weighted by atomic mass is 9.95. The number of hydrogen-bond donors (Lipinski definition) is 0. The minimum Gasteiger partial charge on any atom is -0.0861 e. The molecule has 0 amide bonds. The molecule has 0 aromatic carbocycles. The van der Waals surface area contributed by atoms with E-state index in [-0.39, 0.29) is 0 Å². The fourth-order valence-electron chi connectivity index (χ4n) is 4.49. The van der Waals surface area contributed by atoms with Gasteiger partial charge in [0.2, 0.25) is 0 Å². The van der Waals surface area contributed by atoms with Gasteiger partial charge in [0.1, 0.15) is 0 Å². The first-order chi connectivity index (χ1) is 14.3. The maximum Gasteiger partial charge on any atom is 0.00237 e. The molecule has 0 rings (SSSR count). The zero-order chi connectivity index (χ0) is 21.3. The number of hydrogen-bond acceptors (Lipinski definition) is 0. The van der Waals surface area contributed by atoms with Crippen molar-refractivity contribution in [3.05, 3.63) is 0 Å². The van der Waals surface area contributed by atoms with Crippen LogP contribution in [0.5, 0.6) is 0 Å². The second kappa shape index (κ2) is 26.8. The lowest BCUT2D eigenvalue weighted by Gasteiger charge is -2.13. The van der Waals surface area contributed by atoms with Crippen LogP contribution in [0.2, 0.25) is 0 Å². The Morgan fingerprint density at radius 3 is 0.862 bits per heavy atom. The zero-order valence-electron chi connectivity index (χ0n) is 20.6. The summed E-state index contributed by atoms with van der Waals surface area (Å²) < 4.78 is 1.38. The molecule has 0 saturated heterocycles. The van der Waals surface area contributed by atoms with E-state index in [9.17, 15) is 0 Å². The first-order valence-corrected chi connectivity index (χ1v) is 15.4. The predicted molar refractivity (Wildman–Crippen MR) is 145 cm³/mol. The summed E-state index contributed by atoms with van der Waals surface area (Å²) in [7, 11) is 0. The topological polar surface area (TPSA) is 0 Å². The number of unbranched alkanes of at least 4 members (excludes halogenated alkanes) is 20. The Morgan fingerprint density at radius 2 is 0.621 bits per heavy atom. The molecule has 0 nitrogen and oxygen atoms in total. The van der Waals surface area contributed by atoms with Gasteiger partial charge in [0.05, 0.1) is 0 Å². The molecule has 0 heterocycles. The fourth-order valence-corrected chi connectivity index (χ4v) is 5.37. The van der Waals surface area contributed by atoms with Gasteiger partial charge in [0, 0.05) is 4.43 Å². The van der Waals surface area contributed by atoms with Gasteiger partial charge in [0.25, 0.3) is 0 Å². The van der Waals surface area contributed by atoms with Crippen LogP contribution in [0.15, 0.2) is 0 Å². The smallest absolute Gasteiger partial charge is 0.00237 e. The van der Waals surface area contributed by atoms with Crippen molar-refractivity contribution in [1.82, 2.24) is 0 Å². The number of alkyl halides is 1. The Morgan fingerprint density at radius 1 is 0.379 bits per heavy atom. The number of rotatable bonds is 25. The van der Waals surface area contributed by atoms with Gasteiger partial charge < -0.3 is 0 Å². The minimum absolute atomic E-state index is 1.01. The van der Waals surface area contributed by atoms with Crippen molar-refractivity contribution in [3.8, 4) is 0 Å². The van der Waals surface area contributed by atoms with E-state index in [1.807, 2.05) is 0 Å². The van der Waals surface area contributed by atoms with Crippen molar-refractivity contribution in [2.24, 2.45) is 5.92 Å². The maximum atomic E-state index is 2.63. The fraction of sp³-hybridized carbons (Fsp3) is 1.00. The summed E-state index contributed by atoms with van der Waals surface area (Å²) in [5.74, 6) is 1.01. The van der Waals surface area contributed by atoms with Gasteiger partial charge in [0.15, 0.2) is 0 Å². The van der Waals surface area contributed by atoms with Crippen LogP contribution in [0.25, 0.3) is 0 Å². The van der Waals surface area contributed by atoms with Crippen molar-refractivity contribution in [2.75, 3.05) is 4.43 Å². The predicted octanol–water partition coefficient (Wildman–Crippen LogP) is 11.4. The molecule has 1 heteroatoms. The van der Waals surface area contributed by atoms with E-state index in [4.69, 9.17) is 0 Å². The summed E-state index contributed by atoms with van der Waals surface area (Å²) in [6.07, 6.45) is 35.3. The van der Waals surface area contributed by atoms with E-state index in [1.54, 1.807) is 0 Å². The van der Waals surface area contributed by atoms with Crippen LogP contribution in [0.1, 0.15) is 168 Å². The van der Waals surface area contributed by atoms with Gasteiger partial charge in [-0.05, 0) is 18.8 Å². The molecule has 0 fully saturated rings. The van der Waals surface area contributed by atoms with Crippen LogP contribution in [0.3, 0.4) is 0 Å². The first-order valence-electron chi connectivity index (χ1n) is 13.9. The number of halogens is 1. The molecule has 0 spiro atoms. The highest BCUT2D eigenvalue weighted by Crippen LogP contribution is 2.21. The second-order valence-electron chi connectivity index (χ2n) is 9.67. The molecule has 29 heavy (non-hydrogen) atoms. The van der Waals surface area contributed by atoms with Crippen LogP contribution >= 0.6 is 22.6 Å². The maximum absolute atomic E-state index is 2.63. The van der Waals surface area contributed by atoms with Crippen molar-refractivity contribution in [1.29, 1.82) is 0 Å². The highest BCUT2D eigenvalue weighted by Gasteiger charge is 2.06. The Balaban J connectivity index is 3.27. The Bertz CT molecular complexity index is 275. The second-order valence-corrected chi connectivity index (χ2v) is 10.5. The third kappa shape index (κ3) is 24.9. The van der Waals surface area contributed by atoms with Gasteiger partial charge in [-0.15, -0.1) is 0 Å². The van der Waals surface area contributed by atoms with Crippen LogP contribution in [0.4, 0.5) is 0 Å². The molecule has 176 valence electrons. The van der Waals surface area contributed by atoms with Gasteiger partial charge in [-0.25, -0.2) is 0 Å². The molecular weight excluding hydrogens is 463 g/mol. The first kappa shape index (κ1) is 29.7. The van der Waals surface area contributed by atoms with E-state index >= 15 is 0 Å². The molecule has 0 aromatic rings. The molecule has 1 atom stereocenters. The van der Waals surface area contributed by atoms with Crippen LogP contribution in [0, 0.1) is 5.92 Å². The van der Waals surface area contributed by atoms with E-state index in [0.29, 0.717) is 0 Å². The Labute approximate surface area is 200 Å². The molecule has 0 bridgehead atoms. The van der Waals surface area contributed by atoms with Crippen molar-refractivity contribution >= 4 is 22.6 Å². The Kier molecular flexibility index (Phi) is 27.4. The largest absolute Gasteiger partial charge is 0.0861 e. The summed E-state index contributed by atoms with van der Waals surface area (Å²) in [6, 6.07) is 0. The summed E-state index contributed by atoms with van der Waals surface area (Å²) in [4.78, 5) is 0. The van der Waals surface area contributed by atoms with Crippen molar-refractivity contribution in [2.45, 2.75) is 168 Å². The summed E-state index contributed by atoms with van der Waals surface area (Å²) in [5.41, 5.74) is 0. The molecule has 0 aliphatic rings. The summed E-state index contributed by atoms with van der Waals surface area (Å²) in [5, 5.41) is 0. The summed E-state index contributed by atoms with van der Waals surface area (Å²) >= 11 is 2.63. The molecule has 0 N–H and O–H groups in total. The van der Waals surface area contributed by atoms with Crippen LogP contribution < -0.4 is 0 Å². The minimum atomic E-state index is 1.01. The highest BCUT2D eigenvalue weighted by atomic mass is 127. The molecule has 1 unspecified atom stereocenters. The standard InChI is InChI=1S/C28H57I/c1-3-5-7-9-11-13-15-16-18-20-22-24-26-28(27-29)25-23-21-19-17-14-12-10-8-6-4-2/h28H,3-27H2,1-2H3. The average Bonchev–Trinajstić information content (AvgIpc) is 2.74. The summed E-state index contributed by atoms with van der Waals surface area (Å²) in [6.45, 7) is 4.61. The quantitative estimate of drug-likeness (QED) is 0.0638. The third-order valence-electron chi connectivity index (χ3n) is 6.65. The molecule has 0 radical (unpaired) electrons. The van der Waals surface area contributed by atoms with Gasteiger partial charge in [-0.2, -0.15) is 0 Å². The van der Waals surface area contributed by atoms with Crippen molar-refractivity contribution < 1.29 is 0 Å². The molecule has 0 aromatic heterocycles. The monoisotopic (exact) mass is 520 g/mol. The van der Waals surface area contributed by atoms with Crippen molar-refractivity contribution in [3.63, 3.8) is 0 Å². The van der Waals surface area contributed by atoms with Crippen LogP contribution in [-0.2, 0) is 0 Å². The molecular formula is C28H57I. The van der Waals surface area contributed by atoms with E-state index in [2.05, 4.69) is 36.4 Å². The Hall–Kier alpha value is 0.730. The average molecular weight is 521 g/mol. The normalized spacial score (nSPS) is 12.5. The lowest BCUT2D eigenvalue weighted by molar-refractivity contribution is 0.439. The van der Waals surface area contributed by atoms with Gasteiger partial charge >= 0.3 is 0 Å². The lowest BCUT2D eigenvalue weighted by Crippen LogP contribution is -2.02. The SMILES string of the molecule is CCCCCCCCCCCCCCC(CI)CCCCCCCCCCCC. The molecule has 0 aliphatic carbocycles. The van der Waals surface area contributed by atoms with E-state index in [1.165, 1.54) is 159 Å². The molecule has 0 aliphatic heterocycles. The van der Waals surface area contributed by atoms with Gasteiger partial charge in [-0.3, -0.25) is 0 Å². The third-order valence-corrected chi connectivity index (χ3v) is 7.90. The highest BCUT2D eigenvalue weighted by molar-refractivity contribution is 14.1. The van der Waals surface area contributed by atoms with Crippen LogP contribution in [-0.4, -0.2) is 4.43 Å². The zero-order valence-corrected chi connectivity index (χ0v) is 22.8. The van der Waals surface area contributed by atoms with E-state index in [0.717, 1.165) is 5.92 Å².